The summed E-state index contributed by atoms with van der Waals surface area (Å²) in [6, 6.07) is 6.86. The molecular formula is C31H28F2N6O4S. The molecule has 1 unspecified atom stereocenters. The van der Waals surface area contributed by atoms with E-state index in [0.717, 1.165) is 17.8 Å². The van der Waals surface area contributed by atoms with Gasteiger partial charge in [-0.3, -0.25) is 14.3 Å². The molecule has 0 radical (unpaired) electrons. The van der Waals surface area contributed by atoms with Gasteiger partial charge in [-0.2, -0.15) is 10.2 Å². The number of carbonyl (C=O) groups is 1. The van der Waals surface area contributed by atoms with Gasteiger partial charge in [0.15, 0.2) is 0 Å². The maximum atomic E-state index is 15.9. The first-order chi connectivity index (χ1) is 21.2. The normalized spacial score (nSPS) is 14.6. The van der Waals surface area contributed by atoms with Crippen LogP contribution in [-0.2, 0) is 29.7 Å². The minimum Gasteiger partial charge on any atom is -0.490 e. The van der Waals surface area contributed by atoms with Gasteiger partial charge in [-0.25, -0.2) is 18.4 Å². The van der Waals surface area contributed by atoms with Crippen LogP contribution in [0.1, 0.15) is 12.6 Å². The van der Waals surface area contributed by atoms with Gasteiger partial charge in [0, 0.05) is 59.6 Å². The Kier molecular flexibility index (Phi) is 7.82. The van der Waals surface area contributed by atoms with Crippen LogP contribution in [0.4, 0.5) is 8.78 Å². The SMILES string of the molecule is C=CC(=O)N1Cc2cc(-c3nc(-c4cnn(C)c(=O)c4)c4ccsc4c3-c3c(F)cc(F)cc3OCCOC)nn2CC1C. The van der Waals surface area contributed by atoms with Crippen LogP contribution in [0.15, 0.2) is 59.4 Å². The molecule has 226 valence electrons. The van der Waals surface area contributed by atoms with E-state index >= 15 is 4.39 Å². The Morgan fingerprint density at radius 3 is 2.75 bits per heavy atom. The molecule has 0 N–H and O–H groups in total. The lowest BCUT2D eigenvalue weighted by molar-refractivity contribution is -0.129. The van der Waals surface area contributed by atoms with Gasteiger partial charge in [0.05, 0.1) is 42.8 Å². The number of carbonyl (C=O) groups excluding carboxylic acids is 1. The zero-order valence-corrected chi connectivity index (χ0v) is 25.0. The van der Waals surface area contributed by atoms with Crippen LogP contribution in [0, 0.1) is 11.6 Å². The molecule has 10 nitrogen and oxygen atoms in total. The third-order valence-electron chi connectivity index (χ3n) is 7.53. The topological polar surface area (TPSA) is 104 Å². The second-order valence-electron chi connectivity index (χ2n) is 10.4. The van der Waals surface area contributed by atoms with Crippen molar-refractivity contribution in [1.29, 1.82) is 0 Å². The fourth-order valence-electron chi connectivity index (χ4n) is 5.35. The van der Waals surface area contributed by atoms with Crippen LogP contribution in [-0.4, -0.2) is 61.7 Å². The Labute approximate surface area is 254 Å². The Bertz CT molecular complexity index is 1980. The number of amides is 1. The lowest BCUT2D eigenvalue weighted by Crippen LogP contribution is -2.44. The fourth-order valence-corrected chi connectivity index (χ4v) is 6.30. The number of nitrogens with zero attached hydrogens (tertiary/aromatic N) is 6. The Balaban J connectivity index is 1.64. The van der Waals surface area contributed by atoms with Gasteiger partial charge in [0.25, 0.3) is 5.56 Å². The minimum atomic E-state index is -0.835. The Hall–Kier alpha value is -4.75. The number of hydrogen-bond donors (Lipinski definition) is 0. The van der Waals surface area contributed by atoms with Crippen molar-refractivity contribution < 1.29 is 23.0 Å². The van der Waals surface area contributed by atoms with E-state index in [0.29, 0.717) is 44.8 Å². The molecule has 5 heterocycles. The summed E-state index contributed by atoms with van der Waals surface area (Å²) in [5, 5.41) is 11.5. The number of aryl methyl sites for hydroxylation is 1. The fraction of sp³-hybridized carbons (Fsp3) is 0.258. The van der Waals surface area contributed by atoms with E-state index in [4.69, 9.17) is 19.6 Å². The first-order valence-electron chi connectivity index (χ1n) is 13.8. The zero-order valence-electron chi connectivity index (χ0n) is 24.2. The first-order valence-corrected chi connectivity index (χ1v) is 14.6. The second kappa shape index (κ2) is 11.7. The molecule has 0 saturated heterocycles. The Morgan fingerprint density at radius 2 is 2.00 bits per heavy atom. The van der Waals surface area contributed by atoms with Crippen LogP contribution >= 0.6 is 11.3 Å². The van der Waals surface area contributed by atoms with Crippen molar-refractivity contribution in [1.82, 2.24) is 29.4 Å². The monoisotopic (exact) mass is 618 g/mol. The molecule has 6 rings (SSSR count). The maximum Gasteiger partial charge on any atom is 0.267 e. The Morgan fingerprint density at radius 1 is 1.18 bits per heavy atom. The first kappa shape index (κ1) is 29.3. The minimum absolute atomic E-state index is 0.0133. The number of rotatable bonds is 8. The molecule has 1 amide bonds. The predicted molar refractivity (Wildman–Crippen MR) is 162 cm³/mol. The molecule has 1 aliphatic heterocycles. The molecule has 13 heteroatoms. The molecule has 5 aromatic rings. The number of fused-ring (bicyclic) bond motifs is 2. The van der Waals surface area contributed by atoms with Crippen LogP contribution in [0.5, 0.6) is 5.75 Å². The number of pyridine rings is 1. The van der Waals surface area contributed by atoms with Gasteiger partial charge < -0.3 is 14.4 Å². The molecule has 1 atom stereocenters. The molecule has 0 aliphatic carbocycles. The highest BCUT2D eigenvalue weighted by Crippen LogP contribution is 2.47. The molecule has 1 aliphatic rings. The van der Waals surface area contributed by atoms with Crippen LogP contribution in [0.3, 0.4) is 0 Å². The second-order valence-corrected chi connectivity index (χ2v) is 11.3. The third-order valence-corrected chi connectivity index (χ3v) is 8.46. The summed E-state index contributed by atoms with van der Waals surface area (Å²) in [7, 11) is 3.05. The van der Waals surface area contributed by atoms with Crippen molar-refractivity contribution in [3.05, 3.63) is 82.2 Å². The summed E-state index contributed by atoms with van der Waals surface area (Å²) < 4.78 is 45.0. The summed E-state index contributed by atoms with van der Waals surface area (Å²) in [6.45, 7) is 6.51. The third kappa shape index (κ3) is 5.18. The summed E-state index contributed by atoms with van der Waals surface area (Å²) >= 11 is 1.34. The quantitative estimate of drug-likeness (QED) is 0.182. The van der Waals surface area contributed by atoms with Crippen molar-refractivity contribution in [2.45, 2.75) is 26.1 Å². The molecule has 0 fully saturated rings. The number of ether oxygens (including phenoxy) is 2. The molecule has 4 aromatic heterocycles. The molecule has 1 aromatic carbocycles. The highest BCUT2D eigenvalue weighted by Gasteiger charge is 2.30. The number of aromatic nitrogens is 5. The molecule has 0 saturated carbocycles. The summed E-state index contributed by atoms with van der Waals surface area (Å²) in [4.78, 5) is 31.8. The average molecular weight is 619 g/mol. The number of hydrogen-bond acceptors (Lipinski definition) is 8. The molecular weight excluding hydrogens is 590 g/mol. The molecule has 0 spiro atoms. The van der Waals surface area contributed by atoms with E-state index in [1.165, 1.54) is 35.3 Å². The number of benzene rings is 1. The van der Waals surface area contributed by atoms with E-state index in [2.05, 4.69) is 11.7 Å². The van der Waals surface area contributed by atoms with Gasteiger partial charge in [-0.15, -0.1) is 11.3 Å². The van der Waals surface area contributed by atoms with E-state index < -0.39 is 11.6 Å². The van der Waals surface area contributed by atoms with Gasteiger partial charge in [0.1, 0.15) is 35.4 Å². The van der Waals surface area contributed by atoms with Crippen molar-refractivity contribution >= 4 is 27.3 Å². The lowest BCUT2D eigenvalue weighted by atomic mass is 9.97. The smallest absolute Gasteiger partial charge is 0.267 e. The van der Waals surface area contributed by atoms with Crippen molar-refractivity contribution in [2.24, 2.45) is 7.05 Å². The van der Waals surface area contributed by atoms with Gasteiger partial charge in [0.2, 0.25) is 5.91 Å². The van der Waals surface area contributed by atoms with E-state index in [1.54, 1.807) is 28.9 Å². The van der Waals surface area contributed by atoms with E-state index in [-0.39, 0.29) is 48.6 Å². The maximum absolute atomic E-state index is 15.9. The standard InChI is InChI=1S/C31H28F2N6O4S/c1-5-25(40)38-16-20-13-23(36-39(20)15-17(38)2)30-28(27-22(33)11-19(32)12-24(27)43-8-7-42-4)31-21(6-9-44-31)29(35-30)18-10-26(41)37(3)34-14-18/h5-6,9-14,17H,1,7-8,15-16H2,2-4H3. The average Bonchev–Trinajstić information content (AvgIpc) is 3.65. The van der Waals surface area contributed by atoms with E-state index in [9.17, 15) is 14.0 Å². The van der Waals surface area contributed by atoms with Crippen molar-refractivity contribution in [2.75, 3.05) is 20.3 Å². The predicted octanol–water partition coefficient (Wildman–Crippen LogP) is 4.81. The number of thiophene rings is 1. The van der Waals surface area contributed by atoms with Crippen molar-refractivity contribution in [3.8, 4) is 39.5 Å². The van der Waals surface area contributed by atoms with Crippen molar-refractivity contribution in [3.63, 3.8) is 0 Å². The zero-order chi connectivity index (χ0) is 31.1. The highest BCUT2D eigenvalue weighted by atomic mass is 32.1. The van der Waals surface area contributed by atoms with Crippen LogP contribution in [0.25, 0.3) is 43.9 Å². The highest BCUT2D eigenvalue weighted by molar-refractivity contribution is 7.18. The lowest BCUT2D eigenvalue weighted by Gasteiger charge is -2.33. The van der Waals surface area contributed by atoms with Gasteiger partial charge in [-0.05, 0) is 30.5 Å². The summed E-state index contributed by atoms with van der Waals surface area (Å²) in [6.07, 6.45) is 2.82. The summed E-state index contributed by atoms with van der Waals surface area (Å²) in [5.41, 5.74) is 2.45. The summed E-state index contributed by atoms with van der Waals surface area (Å²) in [5.74, 6) is -1.84. The number of methoxy groups -OCH3 is 1. The largest absolute Gasteiger partial charge is 0.490 e. The number of halogens is 2. The molecule has 0 bridgehead atoms. The van der Waals surface area contributed by atoms with Crippen LogP contribution < -0.4 is 10.3 Å². The van der Waals surface area contributed by atoms with Gasteiger partial charge >= 0.3 is 0 Å². The molecule has 44 heavy (non-hydrogen) atoms. The van der Waals surface area contributed by atoms with Gasteiger partial charge in [-0.1, -0.05) is 6.58 Å². The van der Waals surface area contributed by atoms with Crippen LogP contribution in [0.2, 0.25) is 0 Å². The van der Waals surface area contributed by atoms with E-state index in [1.807, 2.05) is 18.4 Å².